The quantitative estimate of drug-likeness (QED) is 0.727. The van der Waals surface area contributed by atoms with Gasteiger partial charge >= 0.3 is 0 Å². The lowest BCUT2D eigenvalue weighted by molar-refractivity contribution is 0.243. The second-order valence-corrected chi connectivity index (χ2v) is 4.55. The van der Waals surface area contributed by atoms with E-state index in [-0.39, 0.29) is 5.54 Å². The smallest absolute Gasteiger partial charge is 0.115 e. The van der Waals surface area contributed by atoms with E-state index in [0.29, 0.717) is 12.3 Å². The van der Waals surface area contributed by atoms with Crippen LogP contribution >= 0.6 is 0 Å². The highest BCUT2D eigenvalue weighted by Crippen LogP contribution is 2.33. The maximum atomic E-state index is 9.32. The number of phenols is 1. The fourth-order valence-corrected chi connectivity index (χ4v) is 2.60. The average molecular weight is 220 g/mol. The maximum Gasteiger partial charge on any atom is 0.115 e. The number of hydrogen-bond donors (Lipinski definition) is 3. The minimum absolute atomic E-state index is 0.0285. The first-order valence-corrected chi connectivity index (χ1v) is 6.01. The van der Waals surface area contributed by atoms with Crippen LogP contribution in [0.2, 0.25) is 0 Å². The van der Waals surface area contributed by atoms with Gasteiger partial charge in [-0.15, -0.1) is 0 Å². The number of nitrogens with one attached hydrogen (secondary N) is 1. The molecule has 4 N–H and O–H groups in total. The molecule has 88 valence electrons. The Kier molecular flexibility index (Phi) is 3.46. The van der Waals surface area contributed by atoms with Crippen LogP contribution in [-0.2, 0) is 5.54 Å². The average Bonchev–Trinajstić information content (AvgIpc) is 2.31. The normalized spacial score (nSPS) is 25.6. The lowest BCUT2D eigenvalue weighted by Crippen LogP contribution is -2.47. The van der Waals surface area contributed by atoms with Crippen molar-refractivity contribution in [3.05, 3.63) is 29.8 Å². The van der Waals surface area contributed by atoms with Crippen LogP contribution in [0.25, 0.3) is 0 Å². The molecule has 2 rings (SSSR count). The summed E-state index contributed by atoms with van der Waals surface area (Å²) in [5.74, 6) is 0.322. The third-order valence-corrected chi connectivity index (χ3v) is 3.48. The molecule has 0 saturated carbocycles. The van der Waals surface area contributed by atoms with Gasteiger partial charge in [0.15, 0.2) is 0 Å². The van der Waals surface area contributed by atoms with E-state index in [1.807, 2.05) is 12.1 Å². The van der Waals surface area contributed by atoms with Crippen molar-refractivity contribution in [1.29, 1.82) is 0 Å². The summed E-state index contributed by atoms with van der Waals surface area (Å²) >= 11 is 0. The molecule has 1 aromatic carbocycles. The molecule has 0 bridgehead atoms. The first-order chi connectivity index (χ1) is 7.77. The predicted molar refractivity (Wildman–Crippen MR) is 65.3 cm³/mol. The van der Waals surface area contributed by atoms with Gasteiger partial charge in [0.1, 0.15) is 5.75 Å². The SMILES string of the molecule is NCCC1(c2ccc(O)cc2)CCCCN1. The monoisotopic (exact) mass is 220 g/mol. The zero-order valence-corrected chi connectivity index (χ0v) is 9.58. The van der Waals surface area contributed by atoms with Crippen LogP contribution in [-0.4, -0.2) is 18.2 Å². The van der Waals surface area contributed by atoms with Crippen LogP contribution in [0.15, 0.2) is 24.3 Å². The summed E-state index contributed by atoms with van der Waals surface area (Å²) in [5.41, 5.74) is 7.00. The molecule has 16 heavy (non-hydrogen) atoms. The minimum atomic E-state index is 0.0285. The Morgan fingerprint density at radius 1 is 1.25 bits per heavy atom. The second-order valence-electron chi connectivity index (χ2n) is 4.55. The van der Waals surface area contributed by atoms with Crippen molar-refractivity contribution in [3.8, 4) is 5.75 Å². The van der Waals surface area contributed by atoms with E-state index in [4.69, 9.17) is 5.73 Å². The number of nitrogens with two attached hydrogens (primary N) is 1. The largest absolute Gasteiger partial charge is 0.508 e. The van der Waals surface area contributed by atoms with Crippen LogP contribution in [0.4, 0.5) is 0 Å². The molecular formula is C13H20N2O. The number of aromatic hydroxyl groups is 1. The van der Waals surface area contributed by atoms with Gasteiger partial charge in [-0.2, -0.15) is 0 Å². The van der Waals surface area contributed by atoms with Crippen molar-refractivity contribution < 1.29 is 5.11 Å². The first-order valence-electron chi connectivity index (χ1n) is 6.01. The van der Waals surface area contributed by atoms with Gasteiger partial charge in [-0.3, -0.25) is 0 Å². The van der Waals surface area contributed by atoms with Crippen LogP contribution < -0.4 is 11.1 Å². The van der Waals surface area contributed by atoms with Crippen LogP contribution in [0.1, 0.15) is 31.2 Å². The Morgan fingerprint density at radius 3 is 2.56 bits per heavy atom. The second kappa shape index (κ2) is 4.85. The van der Waals surface area contributed by atoms with E-state index in [2.05, 4.69) is 5.32 Å². The van der Waals surface area contributed by atoms with Crippen molar-refractivity contribution >= 4 is 0 Å². The van der Waals surface area contributed by atoms with Crippen molar-refractivity contribution in [2.45, 2.75) is 31.2 Å². The van der Waals surface area contributed by atoms with Crippen LogP contribution in [0.5, 0.6) is 5.75 Å². The van der Waals surface area contributed by atoms with Crippen molar-refractivity contribution in [3.63, 3.8) is 0 Å². The fourth-order valence-electron chi connectivity index (χ4n) is 2.60. The highest BCUT2D eigenvalue weighted by molar-refractivity contribution is 5.31. The first kappa shape index (κ1) is 11.4. The Morgan fingerprint density at radius 2 is 2.00 bits per heavy atom. The van der Waals surface area contributed by atoms with E-state index >= 15 is 0 Å². The predicted octanol–water partition coefficient (Wildman–Crippen LogP) is 1.71. The van der Waals surface area contributed by atoms with Gasteiger partial charge in [-0.05, 0) is 50.0 Å². The van der Waals surface area contributed by atoms with Gasteiger partial charge in [0.2, 0.25) is 0 Å². The number of hydrogen-bond acceptors (Lipinski definition) is 3. The maximum absolute atomic E-state index is 9.32. The van der Waals surface area contributed by atoms with E-state index in [9.17, 15) is 5.11 Å². The Bertz CT molecular complexity index is 323. The number of rotatable bonds is 3. The van der Waals surface area contributed by atoms with Gasteiger partial charge in [0, 0.05) is 5.54 Å². The summed E-state index contributed by atoms with van der Waals surface area (Å²) in [6.45, 7) is 1.74. The molecule has 1 aliphatic heterocycles. The Balaban J connectivity index is 2.26. The molecule has 0 aromatic heterocycles. The molecule has 1 aromatic rings. The molecule has 3 nitrogen and oxygen atoms in total. The summed E-state index contributed by atoms with van der Waals surface area (Å²) in [6.07, 6.45) is 4.57. The summed E-state index contributed by atoms with van der Waals surface area (Å²) in [4.78, 5) is 0. The van der Waals surface area contributed by atoms with Gasteiger partial charge in [0.05, 0.1) is 0 Å². The van der Waals surface area contributed by atoms with Crippen LogP contribution in [0, 0.1) is 0 Å². The Labute approximate surface area is 96.7 Å². The van der Waals surface area contributed by atoms with E-state index < -0.39 is 0 Å². The highest BCUT2D eigenvalue weighted by atomic mass is 16.3. The molecule has 0 amide bonds. The molecule has 1 saturated heterocycles. The molecule has 1 aliphatic rings. The topological polar surface area (TPSA) is 58.3 Å². The summed E-state index contributed by atoms with van der Waals surface area (Å²) in [6, 6.07) is 7.51. The minimum Gasteiger partial charge on any atom is -0.508 e. The van der Waals surface area contributed by atoms with Gasteiger partial charge < -0.3 is 16.2 Å². The zero-order chi connectivity index (χ0) is 11.4. The summed E-state index contributed by atoms with van der Waals surface area (Å²) in [5, 5.41) is 12.9. The number of benzene rings is 1. The van der Waals surface area contributed by atoms with E-state index in [0.717, 1.165) is 19.4 Å². The van der Waals surface area contributed by atoms with E-state index in [1.54, 1.807) is 12.1 Å². The van der Waals surface area contributed by atoms with Crippen molar-refractivity contribution in [2.75, 3.05) is 13.1 Å². The number of piperidine rings is 1. The molecule has 0 radical (unpaired) electrons. The lowest BCUT2D eigenvalue weighted by atomic mass is 9.79. The van der Waals surface area contributed by atoms with Crippen molar-refractivity contribution in [2.24, 2.45) is 5.73 Å². The molecule has 1 fully saturated rings. The molecule has 3 heteroatoms. The van der Waals surface area contributed by atoms with Gasteiger partial charge in [-0.25, -0.2) is 0 Å². The molecular weight excluding hydrogens is 200 g/mol. The molecule has 0 spiro atoms. The molecule has 1 unspecified atom stereocenters. The summed E-state index contributed by atoms with van der Waals surface area (Å²) in [7, 11) is 0. The lowest BCUT2D eigenvalue weighted by Gasteiger charge is -2.39. The molecule has 1 atom stereocenters. The third-order valence-electron chi connectivity index (χ3n) is 3.48. The Hall–Kier alpha value is -1.06. The van der Waals surface area contributed by atoms with Gasteiger partial charge in [0.25, 0.3) is 0 Å². The standard InChI is InChI=1S/C13H20N2O/c14-9-8-13(7-1-2-10-15-13)11-3-5-12(16)6-4-11/h3-6,15-16H,1-2,7-10,14H2. The summed E-state index contributed by atoms with van der Waals surface area (Å²) < 4.78 is 0. The van der Waals surface area contributed by atoms with Gasteiger partial charge in [-0.1, -0.05) is 18.6 Å². The van der Waals surface area contributed by atoms with Crippen molar-refractivity contribution in [1.82, 2.24) is 5.32 Å². The molecule has 1 heterocycles. The van der Waals surface area contributed by atoms with Crippen LogP contribution in [0.3, 0.4) is 0 Å². The fraction of sp³-hybridized carbons (Fsp3) is 0.538. The number of phenolic OH excluding ortho intramolecular Hbond substituents is 1. The highest BCUT2D eigenvalue weighted by Gasteiger charge is 2.32. The third kappa shape index (κ3) is 2.20. The molecule has 0 aliphatic carbocycles. The van der Waals surface area contributed by atoms with E-state index in [1.165, 1.54) is 18.4 Å². The zero-order valence-electron chi connectivity index (χ0n) is 9.58.